The highest BCUT2D eigenvalue weighted by Crippen LogP contribution is 2.07. The van der Waals surface area contributed by atoms with Gasteiger partial charge in [0.05, 0.1) is 6.61 Å². The molecule has 1 amide bonds. The van der Waals surface area contributed by atoms with E-state index in [1.165, 1.54) is 12.7 Å². The molecule has 1 aliphatic heterocycles. The standard InChI is InChI=1S/C12H21N5O2/c1-19-6-5-16(7-11-3-2-4-14-11)12(18)8-17-10-13-9-15-17/h9-11,14H,2-8H2,1H3. The molecule has 1 fully saturated rings. The van der Waals surface area contributed by atoms with E-state index in [0.29, 0.717) is 19.2 Å². The van der Waals surface area contributed by atoms with Crippen molar-refractivity contribution in [3.63, 3.8) is 0 Å². The first kappa shape index (κ1) is 14.0. The van der Waals surface area contributed by atoms with E-state index >= 15 is 0 Å². The zero-order valence-electron chi connectivity index (χ0n) is 11.3. The van der Waals surface area contributed by atoms with Crippen LogP contribution in [-0.4, -0.2) is 65.0 Å². The fourth-order valence-electron chi connectivity index (χ4n) is 2.25. The fraction of sp³-hybridized carbons (Fsp3) is 0.750. The number of carbonyl (C=O) groups is 1. The second kappa shape index (κ2) is 7.20. The SMILES string of the molecule is COCCN(CC1CCCN1)C(=O)Cn1cncn1. The molecule has 0 bridgehead atoms. The summed E-state index contributed by atoms with van der Waals surface area (Å²) in [5.74, 6) is 0.0521. The molecule has 1 unspecified atom stereocenters. The van der Waals surface area contributed by atoms with Gasteiger partial charge in [0.25, 0.3) is 0 Å². The highest BCUT2D eigenvalue weighted by Gasteiger charge is 2.21. The van der Waals surface area contributed by atoms with E-state index in [4.69, 9.17) is 4.74 Å². The van der Waals surface area contributed by atoms with Crippen molar-refractivity contribution in [1.29, 1.82) is 0 Å². The van der Waals surface area contributed by atoms with Crippen LogP contribution < -0.4 is 5.32 Å². The Labute approximate surface area is 112 Å². The van der Waals surface area contributed by atoms with Gasteiger partial charge >= 0.3 is 0 Å². The van der Waals surface area contributed by atoms with Crippen LogP contribution in [-0.2, 0) is 16.1 Å². The van der Waals surface area contributed by atoms with Gasteiger partial charge in [-0.2, -0.15) is 5.10 Å². The number of carbonyl (C=O) groups excluding carboxylic acids is 1. The zero-order chi connectivity index (χ0) is 13.5. The van der Waals surface area contributed by atoms with Crippen molar-refractivity contribution in [2.24, 2.45) is 0 Å². The first-order valence-electron chi connectivity index (χ1n) is 6.62. The molecular formula is C12H21N5O2. The van der Waals surface area contributed by atoms with Crippen molar-refractivity contribution in [3.8, 4) is 0 Å². The monoisotopic (exact) mass is 267 g/mol. The first-order chi connectivity index (χ1) is 9.29. The number of methoxy groups -OCH3 is 1. The molecule has 106 valence electrons. The summed E-state index contributed by atoms with van der Waals surface area (Å²) in [7, 11) is 1.65. The van der Waals surface area contributed by atoms with E-state index in [0.717, 1.165) is 19.5 Å². The van der Waals surface area contributed by atoms with E-state index in [9.17, 15) is 4.79 Å². The van der Waals surface area contributed by atoms with Crippen LogP contribution >= 0.6 is 0 Å². The molecule has 0 radical (unpaired) electrons. The van der Waals surface area contributed by atoms with E-state index in [2.05, 4.69) is 15.4 Å². The first-order valence-corrected chi connectivity index (χ1v) is 6.62. The molecule has 0 spiro atoms. The van der Waals surface area contributed by atoms with Gasteiger partial charge in [0, 0.05) is 26.2 Å². The molecule has 1 saturated heterocycles. The van der Waals surface area contributed by atoms with E-state index in [-0.39, 0.29) is 12.5 Å². The zero-order valence-corrected chi connectivity index (χ0v) is 11.3. The highest BCUT2D eigenvalue weighted by molar-refractivity contribution is 5.75. The third-order valence-electron chi connectivity index (χ3n) is 3.29. The van der Waals surface area contributed by atoms with Crippen LogP contribution in [0.3, 0.4) is 0 Å². The smallest absolute Gasteiger partial charge is 0.244 e. The summed E-state index contributed by atoms with van der Waals surface area (Å²) in [5, 5.41) is 7.37. The summed E-state index contributed by atoms with van der Waals surface area (Å²) in [5.41, 5.74) is 0. The Morgan fingerprint density at radius 2 is 2.53 bits per heavy atom. The number of hydrogen-bond acceptors (Lipinski definition) is 5. The van der Waals surface area contributed by atoms with Crippen molar-refractivity contribution in [3.05, 3.63) is 12.7 Å². The van der Waals surface area contributed by atoms with Crippen molar-refractivity contribution in [1.82, 2.24) is 25.0 Å². The van der Waals surface area contributed by atoms with E-state index in [1.807, 2.05) is 4.90 Å². The van der Waals surface area contributed by atoms with Gasteiger partial charge in [-0.15, -0.1) is 0 Å². The molecule has 0 aliphatic carbocycles. The van der Waals surface area contributed by atoms with Crippen molar-refractivity contribution >= 4 is 5.91 Å². The average Bonchev–Trinajstić information content (AvgIpc) is 3.07. The molecule has 1 aromatic rings. The van der Waals surface area contributed by atoms with Gasteiger partial charge in [0.1, 0.15) is 19.2 Å². The maximum Gasteiger partial charge on any atom is 0.244 e. The lowest BCUT2D eigenvalue weighted by atomic mass is 10.2. The molecule has 1 atom stereocenters. The molecule has 2 heterocycles. The molecular weight excluding hydrogens is 246 g/mol. The number of rotatable bonds is 7. The molecule has 7 heteroatoms. The number of hydrogen-bond donors (Lipinski definition) is 1. The Morgan fingerprint density at radius 3 is 3.16 bits per heavy atom. The summed E-state index contributed by atoms with van der Waals surface area (Å²) < 4.78 is 6.62. The van der Waals surface area contributed by atoms with Gasteiger partial charge in [-0.25, -0.2) is 9.67 Å². The van der Waals surface area contributed by atoms with Gasteiger partial charge in [0.15, 0.2) is 0 Å². The largest absolute Gasteiger partial charge is 0.383 e. The topological polar surface area (TPSA) is 72.3 Å². The van der Waals surface area contributed by atoms with E-state index < -0.39 is 0 Å². The molecule has 0 saturated carbocycles. The molecule has 1 N–H and O–H groups in total. The second-order valence-electron chi connectivity index (χ2n) is 4.72. The second-order valence-corrected chi connectivity index (χ2v) is 4.72. The molecule has 0 aromatic carbocycles. The van der Waals surface area contributed by atoms with Crippen LogP contribution in [0, 0.1) is 0 Å². The van der Waals surface area contributed by atoms with Gasteiger partial charge in [-0.1, -0.05) is 0 Å². The van der Waals surface area contributed by atoms with Crippen molar-refractivity contribution in [2.45, 2.75) is 25.4 Å². The summed E-state index contributed by atoms with van der Waals surface area (Å²) in [6.07, 6.45) is 5.30. The lowest BCUT2D eigenvalue weighted by Gasteiger charge is -2.25. The van der Waals surface area contributed by atoms with Crippen LogP contribution in [0.25, 0.3) is 0 Å². The third kappa shape index (κ3) is 4.29. The lowest BCUT2D eigenvalue weighted by Crippen LogP contribution is -2.44. The number of ether oxygens (including phenoxy) is 1. The van der Waals surface area contributed by atoms with Crippen LogP contribution in [0.2, 0.25) is 0 Å². The molecule has 1 aromatic heterocycles. The molecule has 7 nitrogen and oxygen atoms in total. The van der Waals surface area contributed by atoms with Crippen LogP contribution in [0.1, 0.15) is 12.8 Å². The maximum absolute atomic E-state index is 12.3. The minimum Gasteiger partial charge on any atom is -0.383 e. The lowest BCUT2D eigenvalue weighted by molar-refractivity contribution is -0.133. The maximum atomic E-state index is 12.3. The Balaban J connectivity index is 1.88. The summed E-state index contributed by atoms with van der Waals surface area (Å²) in [4.78, 5) is 17.9. The normalized spacial score (nSPS) is 18.7. The van der Waals surface area contributed by atoms with Crippen LogP contribution in [0.4, 0.5) is 0 Å². The summed E-state index contributed by atoms with van der Waals surface area (Å²) in [6, 6.07) is 0.400. The minimum absolute atomic E-state index is 0.0521. The van der Waals surface area contributed by atoms with Crippen LogP contribution in [0.5, 0.6) is 0 Å². The molecule has 19 heavy (non-hydrogen) atoms. The van der Waals surface area contributed by atoms with Crippen molar-refractivity contribution < 1.29 is 9.53 Å². The molecule has 1 aliphatic rings. The number of amides is 1. The minimum atomic E-state index is 0.0521. The Hall–Kier alpha value is -1.47. The number of aromatic nitrogens is 3. The van der Waals surface area contributed by atoms with Gasteiger partial charge in [0.2, 0.25) is 5.91 Å². The van der Waals surface area contributed by atoms with Gasteiger partial charge in [-0.3, -0.25) is 4.79 Å². The highest BCUT2D eigenvalue weighted by atomic mass is 16.5. The Morgan fingerprint density at radius 1 is 1.63 bits per heavy atom. The average molecular weight is 267 g/mol. The molecule has 2 rings (SSSR count). The Bertz CT molecular complexity index is 375. The van der Waals surface area contributed by atoms with E-state index in [1.54, 1.807) is 18.1 Å². The predicted octanol–water partition coefficient (Wildman–Crippen LogP) is -0.495. The quantitative estimate of drug-likeness (QED) is 0.721. The fourth-order valence-corrected chi connectivity index (χ4v) is 2.25. The third-order valence-corrected chi connectivity index (χ3v) is 3.29. The summed E-state index contributed by atoms with van der Waals surface area (Å²) in [6.45, 7) is 3.17. The summed E-state index contributed by atoms with van der Waals surface area (Å²) >= 11 is 0. The number of nitrogens with zero attached hydrogens (tertiary/aromatic N) is 4. The Kier molecular flexibility index (Phi) is 5.29. The predicted molar refractivity (Wildman–Crippen MR) is 69.5 cm³/mol. The van der Waals surface area contributed by atoms with Gasteiger partial charge < -0.3 is 15.0 Å². The van der Waals surface area contributed by atoms with Gasteiger partial charge in [-0.05, 0) is 19.4 Å². The van der Waals surface area contributed by atoms with Crippen LogP contribution in [0.15, 0.2) is 12.7 Å². The number of nitrogens with one attached hydrogen (secondary N) is 1. The van der Waals surface area contributed by atoms with Crippen molar-refractivity contribution in [2.75, 3.05) is 33.4 Å².